The lowest BCUT2D eigenvalue weighted by molar-refractivity contribution is -0.140. The highest BCUT2D eigenvalue weighted by atomic mass is 16.6. The Kier molecular flexibility index (Phi) is 7.21. The molecule has 0 saturated carbocycles. The number of aliphatic hydroxyl groups is 1. The van der Waals surface area contributed by atoms with Gasteiger partial charge in [-0.05, 0) is 18.8 Å². The quantitative estimate of drug-likeness (QED) is 0.525. The van der Waals surface area contributed by atoms with Crippen LogP contribution in [0.15, 0.2) is 0 Å². The minimum Gasteiger partial charge on any atom is -0.469 e. The normalized spacial score (nSPS) is 23.9. The molecule has 1 N–H and O–H groups in total. The van der Waals surface area contributed by atoms with Crippen LogP contribution in [0.4, 0.5) is 0 Å². The number of methoxy groups -OCH3 is 1. The zero-order valence-electron chi connectivity index (χ0n) is 10.7. The predicted octanol–water partition coefficient (Wildman–Crippen LogP) is 2.25. The summed E-state index contributed by atoms with van der Waals surface area (Å²) in [7, 11) is 1.43. The van der Waals surface area contributed by atoms with Crippen molar-refractivity contribution in [1.29, 1.82) is 0 Å². The van der Waals surface area contributed by atoms with Gasteiger partial charge in [0.2, 0.25) is 0 Å². The second-order valence-corrected chi connectivity index (χ2v) is 4.77. The average Bonchev–Trinajstić information content (AvgIpc) is 2.73. The summed E-state index contributed by atoms with van der Waals surface area (Å²) in [6.07, 6.45) is 7.55. The molecular weight excluding hydrogens is 220 g/mol. The maximum absolute atomic E-state index is 10.8. The van der Waals surface area contributed by atoms with Gasteiger partial charge < -0.3 is 14.6 Å². The standard InChI is InChI=1S/C13H24O4/c1-16-12(14)8-6-4-2-3-5-7-11-9-13(15)17-10-11/h11,13,15H,2-10H2,1H3. The summed E-state index contributed by atoms with van der Waals surface area (Å²) in [6.45, 7) is 0.712. The number of hydrogen-bond donors (Lipinski definition) is 1. The Morgan fingerprint density at radius 3 is 2.65 bits per heavy atom. The predicted molar refractivity (Wildman–Crippen MR) is 64.4 cm³/mol. The zero-order valence-corrected chi connectivity index (χ0v) is 10.7. The minimum atomic E-state index is -0.528. The highest BCUT2D eigenvalue weighted by molar-refractivity contribution is 5.68. The number of ether oxygens (including phenoxy) is 2. The Labute approximate surface area is 103 Å². The van der Waals surface area contributed by atoms with Gasteiger partial charge in [-0.2, -0.15) is 0 Å². The Bertz CT molecular complexity index is 217. The molecule has 0 aliphatic carbocycles. The van der Waals surface area contributed by atoms with Crippen LogP contribution in [0.3, 0.4) is 0 Å². The molecule has 1 aliphatic rings. The van der Waals surface area contributed by atoms with Crippen LogP contribution in [0, 0.1) is 5.92 Å². The van der Waals surface area contributed by atoms with E-state index in [0.717, 1.165) is 25.7 Å². The second kappa shape index (κ2) is 8.48. The number of carbonyl (C=O) groups is 1. The molecule has 4 nitrogen and oxygen atoms in total. The number of aliphatic hydroxyl groups excluding tert-OH is 1. The fourth-order valence-corrected chi connectivity index (χ4v) is 2.20. The molecule has 0 aromatic heterocycles. The van der Waals surface area contributed by atoms with Crippen LogP contribution in [-0.2, 0) is 14.3 Å². The Balaban J connectivity index is 1.83. The van der Waals surface area contributed by atoms with Gasteiger partial charge in [0.15, 0.2) is 6.29 Å². The second-order valence-electron chi connectivity index (χ2n) is 4.77. The Morgan fingerprint density at radius 2 is 2.00 bits per heavy atom. The minimum absolute atomic E-state index is 0.109. The Morgan fingerprint density at radius 1 is 1.29 bits per heavy atom. The van der Waals surface area contributed by atoms with E-state index in [1.807, 2.05) is 0 Å². The van der Waals surface area contributed by atoms with E-state index in [9.17, 15) is 9.90 Å². The van der Waals surface area contributed by atoms with E-state index >= 15 is 0 Å². The fraction of sp³-hybridized carbons (Fsp3) is 0.923. The molecule has 1 rings (SSSR count). The van der Waals surface area contributed by atoms with Crippen molar-refractivity contribution in [3.63, 3.8) is 0 Å². The lowest BCUT2D eigenvalue weighted by atomic mass is 9.99. The van der Waals surface area contributed by atoms with Crippen molar-refractivity contribution in [3.8, 4) is 0 Å². The first-order valence-corrected chi connectivity index (χ1v) is 6.59. The summed E-state index contributed by atoms with van der Waals surface area (Å²) >= 11 is 0. The Hall–Kier alpha value is -0.610. The summed E-state index contributed by atoms with van der Waals surface area (Å²) < 4.78 is 9.68. The molecule has 1 saturated heterocycles. The van der Waals surface area contributed by atoms with Gasteiger partial charge in [-0.1, -0.05) is 25.7 Å². The molecule has 0 aromatic rings. The monoisotopic (exact) mass is 244 g/mol. The van der Waals surface area contributed by atoms with Gasteiger partial charge in [-0.25, -0.2) is 0 Å². The van der Waals surface area contributed by atoms with Gasteiger partial charge in [-0.15, -0.1) is 0 Å². The molecule has 100 valence electrons. The van der Waals surface area contributed by atoms with Crippen LogP contribution in [0.2, 0.25) is 0 Å². The van der Waals surface area contributed by atoms with Gasteiger partial charge in [0.1, 0.15) is 0 Å². The first kappa shape index (κ1) is 14.5. The highest BCUT2D eigenvalue weighted by Crippen LogP contribution is 2.23. The summed E-state index contributed by atoms with van der Waals surface area (Å²) in [5, 5.41) is 9.18. The molecule has 1 heterocycles. The van der Waals surface area contributed by atoms with E-state index in [2.05, 4.69) is 4.74 Å². The van der Waals surface area contributed by atoms with Crippen molar-refractivity contribution in [2.75, 3.05) is 13.7 Å². The highest BCUT2D eigenvalue weighted by Gasteiger charge is 2.22. The third-order valence-electron chi connectivity index (χ3n) is 3.28. The van der Waals surface area contributed by atoms with E-state index < -0.39 is 6.29 Å². The maximum Gasteiger partial charge on any atom is 0.305 e. The van der Waals surface area contributed by atoms with Crippen molar-refractivity contribution in [1.82, 2.24) is 0 Å². The average molecular weight is 244 g/mol. The first-order valence-electron chi connectivity index (χ1n) is 6.59. The smallest absolute Gasteiger partial charge is 0.305 e. The van der Waals surface area contributed by atoms with E-state index in [4.69, 9.17) is 4.74 Å². The van der Waals surface area contributed by atoms with Crippen molar-refractivity contribution in [3.05, 3.63) is 0 Å². The molecule has 0 bridgehead atoms. The van der Waals surface area contributed by atoms with E-state index in [1.165, 1.54) is 26.4 Å². The molecule has 0 aromatic carbocycles. The molecule has 17 heavy (non-hydrogen) atoms. The molecular formula is C13H24O4. The number of carbonyl (C=O) groups excluding carboxylic acids is 1. The molecule has 1 aliphatic heterocycles. The van der Waals surface area contributed by atoms with E-state index in [-0.39, 0.29) is 5.97 Å². The van der Waals surface area contributed by atoms with Crippen molar-refractivity contribution >= 4 is 5.97 Å². The lowest BCUT2D eigenvalue weighted by Gasteiger charge is -2.06. The van der Waals surface area contributed by atoms with Crippen molar-refractivity contribution in [2.24, 2.45) is 5.92 Å². The number of hydrogen-bond acceptors (Lipinski definition) is 4. The van der Waals surface area contributed by atoms with Crippen molar-refractivity contribution in [2.45, 2.75) is 57.7 Å². The fourth-order valence-electron chi connectivity index (χ4n) is 2.20. The van der Waals surface area contributed by atoms with Crippen LogP contribution in [0.5, 0.6) is 0 Å². The summed E-state index contributed by atoms with van der Waals surface area (Å²) in [6, 6.07) is 0. The number of unbranched alkanes of at least 4 members (excludes halogenated alkanes) is 4. The zero-order chi connectivity index (χ0) is 12.5. The topological polar surface area (TPSA) is 55.8 Å². The third-order valence-corrected chi connectivity index (χ3v) is 3.28. The first-order chi connectivity index (χ1) is 8.22. The van der Waals surface area contributed by atoms with Crippen LogP contribution in [0.1, 0.15) is 51.4 Å². The van der Waals surface area contributed by atoms with Crippen LogP contribution < -0.4 is 0 Å². The SMILES string of the molecule is COC(=O)CCCCCCCC1COC(O)C1. The van der Waals surface area contributed by atoms with Gasteiger partial charge in [0.05, 0.1) is 13.7 Å². The van der Waals surface area contributed by atoms with Gasteiger partial charge >= 0.3 is 5.97 Å². The van der Waals surface area contributed by atoms with Crippen molar-refractivity contribution < 1.29 is 19.4 Å². The van der Waals surface area contributed by atoms with Crippen LogP contribution >= 0.6 is 0 Å². The van der Waals surface area contributed by atoms with Crippen LogP contribution in [0.25, 0.3) is 0 Å². The largest absolute Gasteiger partial charge is 0.469 e. The molecule has 0 spiro atoms. The van der Waals surface area contributed by atoms with Gasteiger partial charge in [0.25, 0.3) is 0 Å². The molecule has 0 radical (unpaired) electrons. The summed E-state index contributed by atoms with van der Waals surface area (Å²) in [5.74, 6) is 0.433. The van der Waals surface area contributed by atoms with E-state index in [1.54, 1.807) is 0 Å². The van der Waals surface area contributed by atoms with Gasteiger partial charge in [-0.3, -0.25) is 4.79 Å². The summed E-state index contributed by atoms with van der Waals surface area (Å²) in [5.41, 5.74) is 0. The lowest BCUT2D eigenvalue weighted by Crippen LogP contribution is -2.01. The number of rotatable bonds is 8. The summed E-state index contributed by atoms with van der Waals surface area (Å²) in [4.78, 5) is 10.8. The van der Waals surface area contributed by atoms with E-state index in [0.29, 0.717) is 18.9 Å². The third kappa shape index (κ3) is 6.64. The molecule has 2 atom stereocenters. The molecule has 0 amide bonds. The molecule has 1 fully saturated rings. The molecule has 2 unspecified atom stereocenters. The molecule has 4 heteroatoms. The van der Waals surface area contributed by atoms with Gasteiger partial charge in [0, 0.05) is 12.8 Å². The maximum atomic E-state index is 10.8. The van der Waals surface area contributed by atoms with Crippen LogP contribution in [-0.4, -0.2) is 31.1 Å². The number of esters is 1.